The van der Waals surface area contributed by atoms with E-state index in [2.05, 4.69) is 5.32 Å². The van der Waals surface area contributed by atoms with Gasteiger partial charge in [0.05, 0.1) is 16.5 Å². The Hall–Kier alpha value is -3.82. The Kier molecular flexibility index (Phi) is 6.58. The van der Waals surface area contributed by atoms with Crippen LogP contribution >= 0.6 is 0 Å². The largest absolute Gasteiger partial charge is 0.342 e. The van der Waals surface area contributed by atoms with E-state index in [4.69, 9.17) is 0 Å². The van der Waals surface area contributed by atoms with Gasteiger partial charge in [-0.1, -0.05) is 17.7 Å². The molecule has 0 bridgehead atoms. The number of benzene rings is 2. The molecule has 1 atom stereocenters. The SMILES string of the molecule is Cc1ccc(N2C[C@@H](C(=O)N3CCC(C(=O)Nc4cc([N+](=O)[O-])ccc4F)CC3)CC2=O)cc1. The quantitative estimate of drug-likeness (QED) is 0.535. The van der Waals surface area contributed by atoms with Crippen LogP contribution in [0.3, 0.4) is 0 Å². The molecule has 34 heavy (non-hydrogen) atoms. The molecule has 9 nitrogen and oxygen atoms in total. The van der Waals surface area contributed by atoms with Gasteiger partial charge in [-0.2, -0.15) is 0 Å². The number of hydrogen-bond donors (Lipinski definition) is 1. The van der Waals surface area contributed by atoms with Gasteiger partial charge in [0.15, 0.2) is 0 Å². The maximum absolute atomic E-state index is 14.0. The molecule has 10 heteroatoms. The number of rotatable bonds is 5. The van der Waals surface area contributed by atoms with E-state index in [0.29, 0.717) is 32.5 Å². The van der Waals surface area contributed by atoms with Crippen molar-refractivity contribution in [3.8, 4) is 0 Å². The molecule has 2 saturated heterocycles. The zero-order valence-corrected chi connectivity index (χ0v) is 18.7. The number of hydrogen-bond acceptors (Lipinski definition) is 5. The number of piperidine rings is 1. The Morgan fingerprint density at radius 1 is 1.09 bits per heavy atom. The summed E-state index contributed by atoms with van der Waals surface area (Å²) >= 11 is 0. The van der Waals surface area contributed by atoms with Crippen LogP contribution in [0.4, 0.5) is 21.5 Å². The summed E-state index contributed by atoms with van der Waals surface area (Å²) < 4.78 is 14.0. The number of carbonyl (C=O) groups is 3. The normalized spacial score (nSPS) is 18.8. The van der Waals surface area contributed by atoms with Gasteiger partial charge in [0.25, 0.3) is 5.69 Å². The van der Waals surface area contributed by atoms with Crippen LogP contribution in [-0.4, -0.2) is 47.2 Å². The molecular weight excluding hydrogens is 443 g/mol. The summed E-state index contributed by atoms with van der Waals surface area (Å²) in [6.07, 6.45) is 0.923. The first-order valence-corrected chi connectivity index (χ1v) is 11.1. The lowest BCUT2D eigenvalue weighted by atomic mass is 9.94. The zero-order chi connectivity index (χ0) is 24.4. The van der Waals surface area contributed by atoms with Crippen molar-refractivity contribution in [3.63, 3.8) is 0 Å². The fourth-order valence-electron chi connectivity index (χ4n) is 4.42. The molecule has 0 aromatic heterocycles. The smallest absolute Gasteiger partial charge is 0.271 e. The number of halogens is 1. The summed E-state index contributed by atoms with van der Waals surface area (Å²) in [5.41, 5.74) is 1.30. The van der Waals surface area contributed by atoms with Crippen LogP contribution in [-0.2, 0) is 14.4 Å². The second-order valence-corrected chi connectivity index (χ2v) is 8.75. The minimum Gasteiger partial charge on any atom is -0.342 e. The first-order valence-electron chi connectivity index (χ1n) is 11.1. The fraction of sp³-hybridized carbons (Fsp3) is 0.375. The van der Waals surface area contributed by atoms with Gasteiger partial charge < -0.3 is 15.1 Å². The molecule has 2 aliphatic rings. The Morgan fingerprint density at radius 3 is 2.41 bits per heavy atom. The zero-order valence-electron chi connectivity index (χ0n) is 18.7. The highest BCUT2D eigenvalue weighted by atomic mass is 19.1. The Balaban J connectivity index is 1.32. The predicted molar refractivity (Wildman–Crippen MR) is 123 cm³/mol. The third-order valence-electron chi connectivity index (χ3n) is 6.42. The molecule has 1 N–H and O–H groups in total. The number of aryl methyl sites for hydroxylation is 1. The van der Waals surface area contributed by atoms with E-state index in [0.717, 1.165) is 29.4 Å². The van der Waals surface area contributed by atoms with Crippen molar-refractivity contribution in [3.05, 3.63) is 64.0 Å². The molecule has 2 fully saturated rings. The van der Waals surface area contributed by atoms with Gasteiger partial charge in [-0.3, -0.25) is 24.5 Å². The van der Waals surface area contributed by atoms with Crippen LogP contribution in [0.15, 0.2) is 42.5 Å². The van der Waals surface area contributed by atoms with Crippen molar-refractivity contribution in [1.82, 2.24) is 4.90 Å². The molecule has 0 unspecified atom stereocenters. The molecule has 2 heterocycles. The lowest BCUT2D eigenvalue weighted by Gasteiger charge is -2.33. The average molecular weight is 468 g/mol. The van der Waals surface area contributed by atoms with Crippen molar-refractivity contribution in [2.75, 3.05) is 29.9 Å². The number of nitro groups is 1. The molecule has 2 aromatic rings. The van der Waals surface area contributed by atoms with E-state index in [9.17, 15) is 28.9 Å². The lowest BCUT2D eigenvalue weighted by Crippen LogP contribution is -2.44. The second-order valence-electron chi connectivity index (χ2n) is 8.75. The number of nitro benzene ring substituents is 1. The van der Waals surface area contributed by atoms with E-state index < -0.39 is 28.5 Å². The summed E-state index contributed by atoms with van der Waals surface area (Å²) in [6.45, 7) is 2.99. The molecule has 3 amide bonds. The van der Waals surface area contributed by atoms with E-state index in [1.807, 2.05) is 31.2 Å². The Bertz CT molecular complexity index is 1130. The monoisotopic (exact) mass is 468 g/mol. The van der Waals surface area contributed by atoms with Gasteiger partial charge in [0.1, 0.15) is 5.82 Å². The van der Waals surface area contributed by atoms with Crippen molar-refractivity contribution in [1.29, 1.82) is 0 Å². The standard InChI is InChI=1S/C24H25FN4O5/c1-15-2-4-18(5-3-15)28-14-17(12-22(28)30)24(32)27-10-8-16(9-11-27)23(31)26-21-13-19(29(33)34)6-7-20(21)25/h2-7,13,16-17H,8-12,14H2,1H3,(H,26,31)/t17-/m0/s1. The number of non-ortho nitro benzene ring substituents is 1. The number of amides is 3. The summed E-state index contributed by atoms with van der Waals surface area (Å²) in [4.78, 5) is 51.7. The van der Waals surface area contributed by atoms with Gasteiger partial charge >= 0.3 is 0 Å². The molecule has 2 aromatic carbocycles. The molecule has 0 radical (unpaired) electrons. The Morgan fingerprint density at radius 2 is 1.76 bits per heavy atom. The third-order valence-corrected chi connectivity index (χ3v) is 6.42. The van der Waals surface area contributed by atoms with Gasteiger partial charge in [0, 0.05) is 49.8 Å². The molecule has 0 saturated carbocycles. The van der Waals surface area contributed by atoms with Crippen LogP contribution < -0.4 is 10.2 Å². The summed E-state index contributed by atoms with van der Waals surface area (Å²) in [5.74, 6) is -2.26. The topological polar surface area (TPSA) is 113 Å². The summed E-state index contributed by atoms with van der Waals surface area (Å²) in [6, 6.07) is 10.5. The van der Waals surface area contributed by atoms with Crippen LogP contribution in [0.25, 0.3) is 0 Å². The van der Waals surface area contributed by atoms with Crippen molar-refractivity contribution >= 4 is 34.8 Å². The highest BCUT2D eigenvalue weighted by Crippen LogP contribution is 2.29. The van der Waals surface area contributed by atoms with Crippen molar-refractivity contribution in [2.45, 2.75) is 26.2 Å². The minimum atomic E-state index is -0.754. The predicted octanol–water partition coefficient (Wildman–Crippen LogP) is 3.27. The fourth-order valence-corrected chi connectivity index (χ4v) is 4.42. The maximum atomic E-state index is 14.0. The van der Waals surface area contributed by atoms with E-state index in [1.54, 1.807) is 9.80 Å². The van der Waals surface area contributed by atoms with Crippen LogP contribution in [0.5, 0.6) is 0 Å². The molecule has 2 aliphatic heterocycles. The van der Waals surface area contributed by atoms with Crippen molar-refractivity contribution < 1.29 is 23.7 Å². The van der Waals surface area contributed by atoms with Crippen LogP contribution in [0.2, 0.25) is 0 Å². The van der Waals surface area contributed by atoms with Crippen LogP contribution in [0.1, 0.15) is 24.8 Å². The molecular formula is C24H25FN4O5. The van der Waals surface area contributed by atoms with Crippen molar-refractivity contribution in [2.24, 2.45) is 11.8 Å². The number of nitrogens with zero attached hydrogens (tertiary/aromatic N) is 3. The first kappa shape index (κ1) is 23.3. The van der Waals surface area contributed by atoms with Gasteiger partial charge in [0.2, 0.25) is 17.7 Å². The number of carbonyl (C=O) groups excluding carboxylic acids is 3. The first-order chi connectivity index (χ1) is 16.2. The van der Waals surface area contributed by atoms with E-state index >= 15 is 0 Å². The van der Waals surface area contributed by atoms with Crippen LogP contribution in [0, 0.1) is 34.7 Å². The van der Waals surface area contributed by atoms with E-state index in [-0.39, 0.29) is 29.6 Å². The second kappa shape index (κ2) is 9.58. The van der Waals surface area contributed by atoms with Gasteiger partial charge in [-0.15, -0.1) is 0 Å². The summed E-state index contributed by atoms with van der Waals surface area (Å²) in [7, 11) is 0. The summed E-state index contributed by atoms with van der Waals surface area (Å²) in [5, 5.41) is 13.3. The van der Waals surface area contributed by atoms with Gasteiger partial charge in [-0.25, -0.2) is 4.39 Å². The highest BCUT2D eigenvalue weighted by molar-refractivity contribution is 6.00. The Labute approximate surface area is 195 Å². The highest BCUT2D eigenvalue weighted by Gasteiger charge is 2.38. The minimum absolute atomic E-state index is 0.0875. The molecule has 0 aliphatic carbocycles. The number of likely N-dealkylation sites (tertiary alicyclic amines) is 1. The van der Waals surface area contributed by atoms with E-state index in [1.165, 1.54) is 0 Å². The third kappa shape index (κ3) is 4.90. The number of nitrogens with one attached hydrogen (secondary N) is 1. The lowest BCUT2D eigenvalue weighted by molar-refractivity contribution is -0.384. The molecule has 0 spiro atoms. The maximum Gasteiger partial charge on any atom is 0.271 e. The van der Waals surface area contributed by atoms with Gasteiger partial charge in [-0.05, 0) is 38.0 Å². The molecule has 178 valence electrons. The average Bonchev–Trinajstić information content (AvgIpc) is 3.22. The molecule has 4 rings (SSSR count). The number of anilines is 2.